The summed E-state index contributed by atoms with van der Waals surface area (Å²) in [5.74, 6) is 2.11. The molecule has 0 aromatic rings. The third-order valence-corrected chi connectivity index (χ3v) is 4.89. The van der Waals surface area contributed by atoms with Gasteiger partial charge in [0.1, 0.15) is 0 Å². The molecule has 0 rings (SSSR count). The molecule has 0 radical (unpaired) electrons. The summed E-state index contributed by atoms with van der Waals surface area (Å²) >= 11 is 0. The molecular formula is C13H29O3P. The maximum atomic E-state index is 10.8. The van der Waals surface area contributed by atoms with E-state index in [1.54, 1.807) is 0 Å². The summed E-state index contributed by atoms with van der Waals surface area (Å²) in [6.07, 6.45) is 5.10. The Bertz CT molecular complexity index is 227. The molecule has 104 valence electrons. The fourth-order valence-corrected chi connectivity index (χ4v) is 3.07. The largest absolute Gasteiger partial charge is 0.325 e. The van der Waals surface area contributed by atoms with E-state index in [4.69, 9.17) is 9.79 Å². The number of rotatable bonds is 9. The van der Waals surface area contributed by atoms with Crippen molar-refractivity contribution in [3.8, 4) is 0 Å². The van der Waals surface area contributed by atoms with E-state index in [-0.39, 0.29) is 6.16 Å². The lowest BCUT2D eigenvalue weighted by molar-refractivity contribution is 0.222. The van der Waals surface area contributed by atoms with Crippen molar-refractivity contribution in [2.45, 2.75) is 59.8 Å². The fraction of sp³-hybridized carbons (Fsp3) is 1.00. The van der Waals surface area contributed by atoms with Crippen molar-refractivity contribution in [1.82, 2.24) is 0 Å². The minimum absolute atomic E-state index is 0.0424. The number of hydrogen-bond acceptors (Lipinski definition) is 1. The molecule has 17 heavy (non-hydrogen) atoms. The first-order chi connectivity index (χ1) is 7.81. The first-order valence-electron chi connectivity index (χ1n) is 6.86. The molecule has 0 spiro atoms. The maximum Gasteiger partial charge on any atom is 0.325 e. The Kier molecular flexibility index (Phi) is 8.36. The normalized spacial score (nSPS) is 17.8. The van der Waals surface area contributed by atoms with Gasteiger partial charge in [0, 0.05) is 6.16 Å². The summed E-state index contributed by atoms with van der Waals surface area (Å²) in [4.78, 5) is 17.6. The van der Waals surface area contributed by atoms with Gasteiger partial charge in [-0.2, -0.15) is 0 Å². The smallest absolute Gasteiger partial charge is 0.324 e. The van der Waals surface area contributed by atoms with Crippen LogP contribution in [0.15, 0.2) is 0 Å². The minimum Gasteiger partial charge on any atom is -0.324 e. The van der Waals surface area contributed by atoms with Gasteiger partial charge < -0.3 is 9.79 Å². The van der Waals surface area contributed by atoms with Crippen LogP contribution < -0.4 is 0 Å². The molecule has 4 heteroatoms. The Morgan fingerprint density at radius 2 is 1.47 bits per heavy atom. The molecule has 0 aliphatic rings. The first kappa shape index (κ1) is 17.2. The van der Waals surface area contributed by atoms with Crippen LogP contribution in [0.1, 0.15) is 59.8 Å². The average Bonchev–Trinajstić information content (AvgIpc) is 2.26. The van der Waals surface area contributed by atoms with Crippen molar-refractivity contribution >= 4 is 7.60 Å². The van der Waals surface area contributed by atoms with Gasteiger partial charge in [-0.1, -0.05) is 47.0 Å². The first-order valence-corrected chi connectivity index (χ1v) is 8.66. The van der Waals surface area contributed by atoms with Crippen LogP contribution >= 0.6 is 7.60 Å². The van der Waals surface area contributed by atoms with Crippen LogP contribution in [0.2, 0.25) is 0 Å². The lowest BCUT2D eigenvalue weighted by atomic mass is 9.78. The molecule has 2 N–H and O–H groups in total. The molecule has 0 heterocycles. The molecular weight excluding hydrogens is 235 g/mol. The maximum absolute atomic E-state index is 10.8. The fourth-order valence-electron chi connectivity index (χ4n) is 2.43. The standard InChI is InChI=1S/C13H29O3P/c1-5-11(3)13(12(4)6-2)9-7-8-10-17(14,15)16/h11-13H,5-10H2,1-4H3,(H2,14,15,16). The van der Waals surface area contributed by atoms with Gasteiger partial charge in [0.05, 0.1) is 0 Å². The second-order valence-corrected chi connectivity index (χ2v) is 7.10. The molecule has 0 saturated carbocycles. The Balaban J connectivity index is 4.05. The Hall–Kier alpha value is 0.150. The highest BCUT2D eigenvalue weighted by Gasteiger charge is 2.21. The van der Waals surface area contributed by atoms with Crippen molar-refractivity contribution in [1.29, 1.82) is 0 Å². The van der Waals surface area contributed by atoms with Crippen molar-refractivity contribution in [2.75, 3.05) is 6.16 Å². The van der Waals surface area contributed by atoms with Gasteiger partial charge in [0.25, 0.3) is 0 Å². The molecule has 0 aliphatic heterocycles. The SMILES string of the molecule is CCC(C)C(CCCCP(=O)(O)O)C(C)CC. The molecule has 0 bridgehead atoms. The Morgan fingerprint density at radius 1 is 1.00 bits per heavy atom. The van der Waals surface area contributed by atoms with E-state index in [0.717, 1.165) is 12.8 Å². The van der Waals surface area contributed by atoms with Gasteiger partial charge in [0.15, 0.2) is 0 Å². The number of hydrogen-bond donors (Lipinski definition) is 2. The zero-order chi connectivity index (χ0) is 13.5. The third-order valence-electron chi connectivity index (χ3n) is 3.99. The van der Waals surface area contributed by atoms with E-state index in [2.05, 4.69) is 27.7 Å². The quantitative estimate of drug-likeness (QED) is 0.488. The topological polar surface area (TPSA) is 57.5 Å². The zero-order valence-electron chi connectivity index (χ0n) is 11.7. The Morgan fingerprint density at radius 3 is 1.82 bits per heavy atom. The molecule has 0 amide bonds. The molecule has 0 aromatic carbocycles. The van der Waals surface area contributed by atoms with E-state index in [0.29, 0.717) is 24.2 Å². The van der Waals surface area contributed by atoms with E-state index in [1.165, 1.54) is 12.8 Å². The summed E-state index contributed by atoms with van der Waals surface area (Å²) in [5, 5.41) is 0. The highest BCUT2D eigenvalue weighted by molar-refractivity contribution is 7.51. The predicted octanol–water partition coefficient (Wildman–Crippen LogP) is 4.04. The summed E-state index contributed by atoms with van der Waals surface area (Å²) < 4.78 is 10.8. The molecule has 0 aromatic heterocycles. The van der Waals surface area contributed by atoms with Crippen LogP contribution in [0.5, 0.6) is 0 Å². The molecule has 2 unspecified atom stereocenters. The van der Waals surface area contributed by atoms with Crippen LogP contribution in [-0.2, 0) is 4.57 Å². The second-order valence-electron chi connectivity index (χ2n) is 5.32. The summed E-state index contributed by atoms with van der Waals surface area (Å²) in [7, 11) is -3.79. The molecule has 0 aliphatic carbocycles. The van der Waals surface area contributed by atoms with Crippen molar-refractivity contribution in [3.63, 3.8) is 0 Å². The highest BCUT2D eigenvalue weighted by atomic mass is 31.2. The van der Waals surface area contributed by atoms with E-state index >= 15 is 0 Å². The van der Waals surface area contributed by atoms with Crippen molar-refractivity contribution in [2.24, 2.45) is 17.8 Å². The number of unbranched alkanes of at least 4 members (excludes halogenated alkanes) is 1. The van der Waals surface area contributed by atoms with Gasteiger partial charge in [-0.05, 0) is 30.6 Å². The van der Waals surface area contributed by atoms with Crippen molar-refractivity contribution < 1.29 is 14.4 Å². The summed E-state index contributed by atoms with van der Waals surface area (Å²) in [6.45, 7) is 9.02. The van der Waals surface area contributed by atoms with Gasteiger partial charge in [-0.3, -0.25) is 4.57 Å². The van der Waals surface area contributed by atoms with Gasteiger partial charge in [-0.15, -0.1) is 0 Å². The molecule has 0 fully saturated rings. The zero-order valence-corrected chi connectivity index (χ0v) is 12.6. The van der Waals surface area contributed by atoms with E-state index in [1.807, 2.05) is 0 Å². The average molecular weight is 264 g/mol. The van der Waals surface area contributed by atoms with Crippen LogP contribution in [0.3, 0.4) is 0 Å². The predicted molar refractivity (Wildman–Crippen MR) is 73.2 cm³/mol. The summed E-state index contributed by atoms with van der Waals surface area (Å²) in [6, 6.07) is 0. The Labute approximate surface area is 106 Å². The van der Waals surface area contributed by atoms with Crippen LogP contribution in [0.4, 0.5) is 0 Å². The van der Waals surface area contributed by atoms with E-state index in [9.17, 15) is 4.57 Å². The molecule has 0 saturated heterocycles. The van der Waals surface area contributed by atoms with E-state index < -0.39 is 7.60 Å². The van der Waals surface area contributed by atoms with Crippen LogP contribution in [0, 0.1) is 17.8 Å². The highest BCUT2D eigenvalue weighted by Crippen LogP contribution is 2.37. The monoisotopic (exact) mass is 264 g/mol. The summed E-state index contributed by atoms with van der Waals surface area (Å²) in [5.41, 5.74) is 0. The van der Waals surface area contributed by atoms with Gasteiger partial charge in [0.2, 0.25) is 0 Å². The second kappa shape index (κ2) is 8.29. The molecule has 3 nitrogen and oxygen atoms in total. The molecule has 2 atom stereocenters. The van der Waals surface area contributed by atoms with Crippen molar-refractivity contribution in [3.05, 3.63) is 0 Å². The minimum atomic E-state index is -3.79. The van der Waals surface area contributed by atoms with Gasteiger partial charge >= 0.3 is 7.60 Å². The van der Waals surface area contributed by atoms with Crippen LogP contribution in [-0.4, -0.2) is 15.9 Å². The lowest BCUT2D eigenvalue weighted by Crippen LogP contribution is -2.19. The third kappa shape index (κ3) is 7.96. The van der Waals surface area contributed by atoms with Crippen LogP contribution in [0.25, 0.3) is 0 Å². The lowest BCUT2D eigenvalue weighted by Gasteiger charge is -2.28. The van der Waals surface area contributed by atoms with Gasteiger partial charge in [-0.25, -0.2) is 0 Å².